The number of nitrogens with one attached hydrogen (secondary N) is 2. The maximum absolute atomic E-state index is 13.3. The maximum Gasteiger partial charge on any atom is 0.227 e. The van der Waals surface area contributed by atoms with Gasteiger partial charge in [0.25, 0.3) is 0 Å². The minimum Gasteiger partial charge on any atom is -0.360 e. The average Bonchev–Trinajstić information content (AvgIpc) is 3.30. The first kappa shape index (κ1) is 24.7. The Morgan fingerprint density at radius 2 is 1.69 bits per heavy atom. The van der Waals surface area contributed by atoms with Gasteiger partial charge in [0.05, 0.1) is 28.9 Å². The Morgan fingerprint density at radius 1 is 0.972 bits per heavy atom. The number of hydrogen-bond donors (Lipinski definition) is 2. The number of carbonyl (C=O) groups is 1. The topological polar surface area (TPSA) is 63.2 Å². The smallest absolute Gasteiger partial charge is 0.227 e. The van der Waals surface area contributed by atoms with Gasteiger partial charge >= 0.3 is 0 Å². The molecule has 1 amide bonds. The zero-order valence-electron chi connectivity index (χ0n) is 19.6. The number of hydrazone groups is 1. The molecule has 1 unspecified atom stereocenters. The van der Waals surface area contributed by atoms with E-state index in [-0.39, 0.29) is 11.9 Å². The fourth-order valence-corrected chi connectivity index (χ4v) is 5.21. The zero-order chi connectivity index (χ0) is 25.2. The predicted molar refractivity (Wildman–Crippen MR) is 147 cm³/mol. The molecular weight excluding hydrogens is 519 g/mol. The molecule has 36 heavy (non-hydrogen) atoms. The summed E-state index contributed by atoms with van der Waals surface area (Å²) in [6, 6.07) is 21.1. The Labute approximate surface area is 225 Å². The van der Waals surface area contributed by atoms with Gasteiger partial charge in [-0.05, 0) is 60.5 Å². The number of rotatable bonds is 5. The van der Waals surface area contributed by atoms with Gasteiger partial charge < -0.3 is 9.80 Å². The Bertz CT molecular complexity index is 1280. The highest BCUT2D eigenvalue weighted by molar-refractivity contribution is 6.36. The number of benzene rings is 3. The minimum absolute atomic E-state index is 0.0722. The highest BCUT2D eigenvalue weighted by Gasteiger charge is 2.32. The summed E-state index contributed by atoms with van der Waals surface area (Å²) < 4.78 is 0. The molecule has 1 saturated heterocycles. The van der Waals surface area contributed by atoms with Crippen molar-refractivity contribution in [3.63, 3.8) is 0 Å². The number of piperazine rings is 1. The van der Waals surface area contributed by atoms with Crippen LogP contribution in [-0.2, 0) is 11.2 Å². The number of hydrogen-bond acceptors (Lipinski definition) is 6. The van der Waals surface area contributed by atoms with Gasteiger partial charge in [-0.2, -0.15) is 0 Å². The second kappa shape index (κ2) is 10.6. The Balaban J connectivity index is 1.33. The summed E-state index contributed by atoms with van der Waals surface area (Å²) in [6.07, 6.45) is 0.327. The zero-order valence-corrected chi connectivity index (χ0v) is 21.9. The summed E-state index contributed by atoms with van der Waals surface area (Å²) in [5, 5.41) is 7.78. The van der Waals surface area contributed by atoms with E-state index in [0.29, 0.717) is 41.1 Å². The molecule has 0 spiro atoms. The number of carbonyl (C=O) groups excluding carboxylic acids is 1. The summed E-state index contributed by atoms with van der Waals surface area (Å²) in [7, 11) is 0. The molecule has 2 N–H and O–H groups in total. The van der Waals surface area contributed by atoms with Crippen LogP contribution in [0.15, 0.2) is 71.8 Å². The first-order valence-corrected chi connectivity index (χ1v) is 12.7. The van der Waals surface area contributed by atoms with E-state index >= 15 is 0 Å². The van der Waals surface area contributed by atoms with Crippen molar-refractivity contribution in [2.24, 2.45) is 5.10 Å². The summed E-state index contributed by atoms with van der Waals surface area (Å²) in [5.41, 5.74) is 9.54. The molecule has 2 heterocycles. The van der Waals surface area contributed by atoms with Crippen molar-refractivity contribution in [3.8, 4) is 0 Å². The summed E-state index contributed by atoms with van der Waals surface area (Å²) in [4.78, 5) is 17.5. The van der Waals surface area contributed by atoms with Crippen LogP contribution >= 0.6 is 34.8 Å². The van der Waals surface area contributed by atoms with Crippen molar-refractivity contribution in [2.45, 2.75) is 19.4 Å². The number of anilines is 2. The molecule has 0 radical (unpaired) electrons. The van der Waals surface area contributed by atoms with Crippen LogP contribution in [0.3, 0.4) is 0 Å². The van der Waals surface area contributed by atoms with Crippen LogP contribution in [0.25, 0.3) is 0 Å². The van der Waals surface area contributed by atoms with Crippen molar-refractivity contribution in [3.05, 3.63) is 92.9 Å². The number of halogens is 3. The number of hydrazine groups is 2. The third-order valence-corrected chi connectivity index (χ3v) is 7.25. The van der Waals surface area contributed by atoms with Gasteiger partial charge in [-0.15, -0.1) is 10.6 Å². The summed E-state index contributed by atoms with van der Waals surface area (Å²) in [5.74, 6) is 0.896. The van der Waals surface area contributed by atoms with Gasteiger partial charge in [-0.1, -0.05) is 59.1 Å². The normalized spacial score (nSPS) is 17.7. The first-order chi connectivity index (χ1) is 17.4. The maximum atomic E-state index is 13.3. The van der Waals surface area contributed by atoms with Crippen LogP contribution in [-0.4, -0.2) is 36.3 Å². The lowest BCUT2D eigenvalue weighted by atomic mass is 10.0. The van der Waals surface area contributed by atoms with Crippen LogP contribution in [0.2, 0.25) is 15.1 Å². The van der Waals surface area contributed by atoms with Gasteiger partial charge in [0.2, 0.25) is 5.91 Å². The summed E-state index contributed by atoms with van der Waals surface area (Å²) in [6.45, 7) is 3.68. The molecule has 0 bridgehead atoms. The van der Waals surface area contributed by atoms with E-state index in [1.54, 1.807) is 6.07 Å². The fourth-order valence-electron chi connectivity index (χ4n) is 4.57. The van der Waals surface area contributed by atoms with Gasteiger partial charge in [0, 0.05) is 29.7 Å². The average molecular weight is 544 g/mol. The molecule has 2 aliphatic heterocycles. The SMILES string of the molecule is CC1=NNNN1c1ccc(CC(=O)N2CCN(c3ccc(Cl)cc3Cl)C(c3ccc(Cl)cc3)C2)cc1. The van der Waals surface area contributed by atoms with E-state index in [1.807, 2.05) is 77.5 Å². The molecule has 2 aliphatic rings. The largest absolute Gasteiger partial charge is 0.360 e. The van der Waals surface area contributed by atoms with Gasteiger partial charge in [0.15, 0.2) is 0 Å². The van der Waals surface area contributed by atoms with E-state index in [2.05, 4.69) is 21.1 Å². The number of amides is 1. The van der Waals surface area contributed by atoms with E-state index in [0.717, 1.165) is 28.3 Å². The molecule has 3 aromatic rings. The molecule has 0 aliphatic carbocycles. The Morgan fingerprint density at radius 3 is 2.36 bits per heavy atom. The van der Waals surface area contributed by atoms with E-state index in [4.69, 9.17) is 34.8 Å². The lowest BCUT2D eigenvalue weighted by molar-refractivity contribution is -0.131. The van der Waals surface area contributed by atoms with Crippen molar-refractivity contribution < 1.29 is 4.79 Å². The van der Waals surface area contributed by atoms with Crippen LogP contribution in [0.4, 0.5) is 11.4 Å². The third-order valence-electron chi connectivity index (χ3n) is 6.46. The van der Waals surface area contributed by atoms with Crippen LogP contribution in [0, 0.1) is 0 Å². The van der Waals surface area contributed by atoms with E-state index in [9.17, 15) is 4.79 Å². The molecule has 1 fully saturated rings. The van der Waals surface area contributed by atoms with E-state index in [1.165, 1.54) is 0 Å². The molecule has 1 atom stereocenters. The monoisotopic (exact) mass is 542 g/mol. The van der Waals surface area contributed by atoms with Crippen LogP contribution in [0.5, 0.6) is 0 Å². The lowest BCUT2D eigenvalue weighted by Crippen LogP contribution is -2.51. The Hall–Kier alpha value is -2.97. The highest BCUT2D eigenvalue weighted by Crippen LogP contribution is 2.37. The molecule has 5 rings (SSSR count). The second-order valence-electron chi connectivity index (χ2n) is 8.76. The molecule has 3 aromatic carbocycles. The second-order valence-corrected chi connectivity index (χ2v) is 10.0. The number of amidine groups is 1. The molecule has 0 saturated carbocycles. The predicted octanol–water partition coefficient (Wildman–Crippen LogP) is 5.44. The molecular formula is C26H25Cl3N6O. The van der Waals surface area contributed by atoms with Crippen LogP contribution < -0.4 is 21.0 Å². The van der Waals surface area contributed by atoms with Crippen molar-refractivity contribution in [2.75, 3.05) is 29.5 Å². The summed E-state index contributed by atoms with van der Waals surface area (Å²) >= 11 is 18.9. The molecule has 186 valence electrons. The lowest BCUT2D eigenvalue weighted by Gasteiger charge is -2.43. The molecule has 0 aromatic heterocycles. The van der Waals surface area contributed by atoms with Gasteiger partial charge in [-0.3, -0.25) is 4.79 Å². The van der Waals surface area contributed by atoms with Crippen LogP contribution in [0.1, 0.15) is 24.1 Å². The third kappa shape index (κ3) is 5.25. The molecule has 10 heteroatoms. The van der Waals surface area contributed by atoms with Crippen molar-refractivity contribution >= 4 is 57.9 Å². The highest BCUT2D eigenvalue weighted by atomic mass is 35.5. The quantitative estimate of drug-likeness (QED) is 0.449. The Kier molecular flexibility index (Phi) is 7.25. The molecule has 7 nitrogen and oxygen atoms in total. The fraction of sp³-hybridized carbons (Fsp3) is 0.231. The van der Waals surface area contributed by atoms with Gasteiger partial charge in [-0.25, -0.2) is 10.5 Å². The minimum atomic E-state index is -0.0722. The standard InChI is InChI=1S/C26H25Cl3N6O/c1-17-30-31-32-35(17)22-9-2-18(3-10-22)14-26(36)33-12-13-34(24-11-8-21(28)15-23(24)29)25(16-33)19-4-6-20(27)7-5-19/h2-11,15,25,31-32H,12-14,16H2,1H3. The first-order valence-electron chi connectivity index (χ1n) is 11.6. The number of nitrogens with zero attached hydrogens (tertiary/aromatic N) is 4. The van der Waals surface area contributed by atoms with Crippen molar-refractivity contribution in [1.29, 1.82) is 0 Å². The van der Waals surface area contributed by atoms with Crippen molar-refractivity contribution in [1.82, 2.24) is 16.0 Å². The van der Waals surface area contributed by atoms with E-state index < -0.39 is 0 Å². The van der Waals surface area contributed by atoms with Gasteiger partial charge in [0.1, 0.15) is 5.84 Å².